The molecule has 1 amide bonds. The summed E-state index contributed by atoms with van der Waals surface area (Å²) in [6, 6.07) is 7.18. The van der Waals surface area contributed by atoms with E-state index in [1.807, 2.05) is 32.9 Å². The molecule has 0 bridgehead atoms. The quantitative estimate of drug-likeness (QED) is 0.660. The van der Waals surface area contributed by atoms with Crippen LogP contribution in [0.4, 0.5) is 0 Å². The van der Waals surface area contributed by atoms with Gasteiger partial charge in [0.1, 0.15) is 0 Å². The number of carbonyl (C=O) groups is 1. The van der Waals surface area contributed by atoms with Crippen LogP contribution in [0, 0.1) is 0 Å². The molecule has 0 saturated heterocycles. The number of amides is 1. The lowest BCUT2D eigenvalue weighted by Crippen LogP contribution is -2.18. The van der Waals surface area contributed by atoms with Gasteiger partial charge < -0.3 is 0 Å². The minimum absolute atomic E-state index is 0.0806. The zero-order valence-corrected chi connectivity index (χ0v) is 11.7. The van der Waals surface area contributed by atoms with Gasteiger partial charge in [-0.3, -0.25) is 14.9 Å². The average Bonchev–Trinajstić information content (AvgIpc) is 2.89. The van der Waals surface area contributed by atoms with Crippen molar-refractivity contribution in [1.29, 1.82) is 0 Å². The number of nitrogens with one attached hydrogen (secondary N) is 2. The van der Waals surface area contributed by atoms with E-state index in [9.17, 15) is 4.79 Å². The van der Waals surface area contributed by atoms with Crippen LogP contribution in [-0.2, 0) is 5.41 Å². The van der Waals surface area contributed by atoms with Gasteiger partial charge in [0.05, 0.1) is 11.9 Å². The molecule has 2 aromatic rings. The maximum Gasteiger partial charge on any atom is 0.291 e. The summed E-state index contributed by atoms with van der Waals surface area (Å²) in [5.41, 5.74) is 4.22. The second-order valence-electron chi connectivity index (χ2n) is 5.37. The Bertz CT molecular complexity index is 610. The first kappa shape index (κ1) is 13.9. The molecular formula is C14H17N5O. The number of rotatable bonds is 3. The first-order valence-electron chi connectivity index (χ1n) is 6.27. The van der Waals surface area contributed by atoms with Gasteiger partial charge in [-0.1, -0.05) is 26.8 Å². The first-order chi connectivity index (χ1) is 9.47. The Morgan fingerprint density at radius 2 is 2.20 bits per heavy atom. The smallest absolute Gasteiger partial charge is 0.281 e. The summed E-state index contributed by atoms with van der Waals surface area (Å²) in [6.07, 6.45) is 3.14. The third-order valence-corrected chi connectivity index (χ3v) is 2.67. The predicted molar refractivity (Wildman–Crippen MR) is 76.6 cm³/mol. The number of hydrogen-bond acceptors (Lipinski definition) is 4. The predicted octanol–water partition coefficient (Wildman–Crippen LogP) is 1.87. The third-order valence-electron chi connectivity index (χ3n) is 2.67. The van der Waals surface area contributed by atoms with Gasteiger partial charge in [0.15, 0.2) is 5.69 Å². The molecule has 0 aliphatic rings. The minimum atomic E-state index is -0.357. The van der Waals surface area contributed by atoms with Crippen LogP contribution in [-0.4, -0.2) is 27.3 Å². The second kappa shape index (κ2) is 5.64. The average molecular weight is 271 g/mol. The summed E-state index contributed by atoms with van der Waals surface area (Å²) in [6.45, 7) is 6.13. The Balaban J connectivity index is 1.99. The Kier molecular flexibility index (Phi) is 3.93. The van der Waals surface area contributed by atoms with Gasteiger partial charge in [0.25, 0.3) is 5.91 Å². The molecule has 2 rings (SSSR count). The molecule has 2 heterocycles. The van der Waals surface area contributed by atoms with Crippen molar-refractivity contribution >= 4 is 12.1 Å². The summed E-state index contributed by atoms with van der Waals surface area (Å²) in [4.78, 5) is 15.9. The summed E-state index contributed by atoms with van der Waals surface area (Å²) in [5, 5.41) is 10.7. The minimum Gasteiger partial charge on any atom is -0.281 e. The van der Waals surface area contributed by atoms with Crippen molar-refractivity contribution in [2.24, 2.45) is 5.10 Å². The topological polar surface area (TPSA) is 83.0 Å². The fourth-order valence-electron chi connectivity index (χ4n) is 1.49. The number of nitrogens with zero attached hydrogens (tertiary/aromatic N) is 3. The lowest BCUT2D eigenvalue weighted by molar-refractivity contribution is 0.0950. The van der Waals surface area contributed by atoms with Crippen molar-refractivity contribution in [1.82, 2.24) is 20.6 Å². The van der Waals surface area contributed by atoms with E-state index < -0.39 is 0 Å². The highest BCUT2D eigenvalue weighted by Gasteiger charge is 2.18. The standard InChI is InChI=1S/C14H17N5O/c1-14(2,3)12-8-11(17-18-12)13(20)19-16-9-10-6-4-5-7-15-10/h4-9H,1-3H3,(H,17,18)(H,19,20)/b16-9-. The molecule has 0 aliphatic carbocycles. The van der Waals surface area contributed by atoms with Crippen LogP contribution in [0.25, 0.3) is 0 Å². The highest BCUT2D eigenvalue weighted by molar-refractivity contribution is 5.93. The fraction of sp³-hybridized carbons (Fsp3) is 0.286. The van der Waals surface area contributed by atoms with E-state index >= 15 is 0 Å². The van der Waals surface area contributed by atoms with Gasteiger partial charge in [0.2, 0.25) is 0 Å². The molecule has 2 N–H and O–H groups in total. The highest BCUT2D eigenvalue weighted by Crippen LogP contribution is 2.20. The molecular weight excluding hydrogens is 254 g/mol. The van der Waals surface area contributed by atoms with Gasteiger partial charge in [-0.25, -0.2) is 5.43 Å². The first-order valence-corrected chi connectivity index (χ1v) is 6.27. The van der Waals surface area contributed by atoms with Gasteiger partial charge in [0, 0.05) is 17.3 Å². The van der Waals surface area contributed by atoms with Crippen molar-refractivity contribution in [3.63, 3.8) is 0 Å². The molecule has 0 spiro atoms. The van der Waals surface area contributed by atoms with Crippen LogP contribution in [0.2, 0.25) is 0 Å². The van der Waals surface area contributed by atoms with Gasteiger partial charge >= 0.3 is 0 Å². The zero-order valence-electron chi connectivity index (χ0n) is 11.7. The van der Waals surface area contributed by atoms with Crippen molar-refractivity contribution in [2.75, 3.05) is 0 Å². The van der Waals surface area contributed by atoms with Crippen molar-refractivity contribution in [3.8, 4) is 0 Å². The number of pyridine rings is 1. The van der Waals surface area contributed by atoms with Crippen molar-refractivity contribution < 1.29 is 4.79 Å². The number of hydrazone groups is 1. The van der Waals surface area contributed by atoms with E-state index in [1.54, 1.807) is 18.3 Å². The molecule has 104 valence electrons. The number of H-pyrrole nitrogens is 1. The molecule has 0 atom stereocenters. The fourth-order valence-corrected chi connectivity index (χ4v) is 1.49. The van der Waals surface area contributed by atoms with Gasteiger partial charge in [-0.15, -0.1) is 0 Å². The van der Waals surface area contributed by atoms with Crippen LogP contribution < -0.4 is 5.43 Å². The highest BCUT2D eigenvalue weighted by atomic mass is 16.2. The summed E-state index contributed by atoms with van der Waals surface area (Å²) in [7, 11) is 0. The summed E-state index contributed by atoms with van der Waals surface area (Å²) in [5.74, 6) is -0.357. The normalized spacial score (nSPS) is 11.8. The van der Waals surface area contributed by atoms with E-state index in [0.29, 0.717) is 11.4 Å². The molecule has 0 aromatic carbocycles. The molecule has 0 saturated carbocycles. The molecule has 0 aliphatic heterocycles. The molecule has 6 nitrogen and oxygen atoms in total. The number of aromatic amines is 1. The molecule has 0 unspecified atom stereocenters. The van der Waals surface area contributed by atoms with E-state index in [4.69, 9.17) is 0 Å². The largest absolute Gasteiger partial charge is 0.291 e. The molecule has 6 heteroatoms. The van der Waals surface area contributed by atoms with E-state index in [1.165, 1.54) is 6.21 Å². The zero-order chi connectivity index (χ0) is 14.6. The van der Waals surface area contributed by atoms with Gasteiger partial charge in [-0.2, -0.15) is 10.2 Å². The van der Waals surface area contributed by atoms with E-state index in [2.05, 4.69) is 25.7 Å². The SMILES string of the molecule is CC(C)(C)c1cc(C(=O)N/N=C\c2ccccn2)n[nH]1. The molecule has 2 aromatic heterocycles. The molecule has 0 radical (unpaired) electrons. The van der Waals surface area contributed by atoms with Gasteiger partial charge in [-0.05, 0) is 18.2 Å². The van der Waals surface area contributed by atoms with E-state index in [-0.39, 0.29) is 11.3 Å². The second-order valence-corrected chi connectivity index (χ2v) is 5.37. The number of aromatic nitrogens is 3. The Morgan fingerprint density at radius 1 is 1.40 bits per heavy atom. The maximum atomic E-state index is 11.8. The van der Waals surface area contributed by atoms with Crippen LogP contribution in [0.5, 0.6) is 0 Å². The molecule has 0 fully saturated rings. The Morgan fingerprint density at radius 3 is 2.80 bits per heavy atom. The van der Waals surface area contributed by atoms with Crippen LogP contribution >= 0.6 is 0 Å². The van der Waals surface area contributed by atoms with E-state index in [0.717, 1.165) is 5.69 Å². The Hall–Kier alpha value is -2.50. The van der Waals surface area contributed by atoms with Crippen LogP contribution in [0.1, 0.15) is 42.6 Å². The Labute approximate surface area is 117 Å². The maximum absolute atomic E-state index is 11.8. The number of hydrogen-bond donors (Lipinski definition) is 2. The number of carbonyl (C=O) groups excluding carboxylic acids is 1. The lowest BCUT2D eigenvalue weighted by atomic mass is 9.92. The van der Waals surface area contributed by atoms with Crippen molar-refractivity contribution in [2.45, 2.75) is 26.2 Å². The monoisotopic (exact) mass is 271 g/mol. The van der Waals surface area contributed by atoms with Crippen LogP contribution in [0.3, 0.4) is 0 Å². The van der Waals surface area contributed by atoms with Crippen LogP contribution in [0.15, 0.2) is 35.6 Å². The summed E-state index contributed by atoms with van der Waals surface area (Å²) < 4.78 is 0. The lowest BCUT2D eigenvalue weighted by Gasteiger charge is -2.14. The third kappa shape index (κ3) is 3.50. The van der Waals surface area contributed by atoms with Crippen molar-refractivity contribution in [3.05, 3.63) is 47.5 Å². The molecule has 20 heavy (non-hydrogen) atoms. The summed E-state index contributed by atoms with van der Waals surface area (Å²) >= 11 is 0.